The third-order valence-electron chi connectivity index (χ3n) is 4.10. The van der Waals surface area contributed by atoms with Crippen molar-refractivity contribution in [3.05, 3.63) is 29.8 Å². The van der Waals surface area contributed by atoms with Gasteiger partial charge in [0.15, 0.2) is 6.61 Å². The van der Waals surface area contributed by atoms with Crippen LogP contribution in [0.25, 0.3) is 0 Å². The van der Waals surface area contributed by atoms with Gasteiger partial charge in [0.2, 0.25) is 15.9 Å². The van der Waals surface area contributed by atoms with Gasteiger partial charge in [0.1, 0.15) is 0 Å². The first kappa shape index (κ1) is 20.8. The molecule has 2 rings (SSSR count). The Kier molecular flexibility index (Phi) is 7.31. The molecule has 2 N–H and O–H groups in total. The minimum Gasteiger partial charge on any atom is -0.452 e. The van der Waals surface area contributed by atoms with Crippen molar-refractivity contribution in [3.63, 3.8) is 0 Å². The first-order chi connectivity index (χ1) is 12.9. The Balaban J connectivity index is 2.07. The van der Waals surface area contributed by atoms with Crippen LogP contribution in [0.15, 0.2) is 29.2 Å². The van der Waals surface area contributed by atoms with Crippen molar-refractivity contribution in [2.45, 2.75) is 24.2 Å². The Labute approximate surface area is 158 Å². The van der Waals surface area contributed by atoms with Crippen molar-refractivity contribution < 1.29 is 27.5 Å². The fourth-order valence-corrected chi connectivity index (χ4v) is 4.33. The van der Waals surface area contributed by atoms with Crippen molar-refractivity contribution in [1.29, 1.82) is 0 Å². The number of nitrogens with one attached hydrogen (secondary N) is 2. The molecular weight excluding hydrogens is 374 g/mol. The van der Waals surface area contributed by atoms with E-state index in [4.69, 9.17) is 4.74 Å². The lowest BCUT2D eigenvalue weighted by molar-refractivity contribution is -0.127. The number of sulfonamides is 1. The largest absolute Gasteiger partial charge is 0.452 e. The van der Waals surface area contributed by atoms with Crippen molar-refractivity contribution in [2.24, 2.45) is 0 Å². The zero-order valence-corrected chi connectivity index (χ0v) is 15.9. The van der Waals surface area contributed by atoms with Gasteiger partial charge in [-0.15, -0.1) is 0 Å². The smallest absolute Gasteiger partial charge is 0.340 e. The number of benzene rings is 1. The Morgan fingerprint density at radius 1 is 1.07 bits per heavy atom. The summed E-state index contributed by atoms with van der Waals surface area (Å²) < 4.78 is 32.0. The molecule has 0 saturated carbocycles. The molecule has 1 aromatic rings. The van der Waals surface area contributed by atoms with Crippen molar-refractivity contribution >= 4 is 27.8 Å². The fraction of sp³-hybridized carbons (Fsp3) is 0.471. The molecule has 9 nitrogen and oxygen atoms in total. The maximum atomic E-state index is 12.9. The van der Waals surface area contributed by atoms with Crippen LogP contribution in [0.5, 0.6) is 0 Å². The molecule has 1 aromatic carbocycles. The van der Waals surface area contributed by atoms with E-state index in [1.165, 1.54) is 35.6 Å². The Bertz CT molecular complexity index is 803. The molecule has 1 saturated heterocycles. The summed E-state index contributed by atoms with van der Waals surface area (Å²) in [7, 11) is -2.40. The van der Waals surface area contributed by atoms with Gasteiger partial charge in [-0.1, -0.05) is 18.6 Å². The van der Waals surface area contributed by atoms with Gasteiger partial charge in [-0.25, -0.2) is 13.2 Å². The number of piperidine rings is 1. The number of ether oxygens (including phenoxy) is 1. The zero-order valence-electron chi connectivity index (χ0n) is 15.1. The molecule has 148 valence electrons. The van der Waals surface area contributed by atoms with E-state index in [0.717, 1.165) is 19.3 Å². The highest BCUT2D eigenvalue weighted by atomic mass is 32.2. The lowest BCUT2D eigenvalue weighted by Crippen LogP contribution is -2.38. The molecule has 0 atom stereocenters. The molecule has 0 aliphatic carbocycles. The number of hydrogen-bond donors (Lipinski definition) is 2. The van der Waals surface area contributed by atoms with Crippen LogP contribution in [0.2, 0.25) is 0 Å². The van der Waals surface area contributed by atoms with E-state index in [-0.39, 0.29) is 17.0 Å². The average molecular weight is 397 g/mol. The molecular formula is C17H23N3O6S. The second-order valence-electron chi connectivity index (χ2n) is 5.99. The molecule has 1 aliphatic heterocycles. The summed E-state index contributed by atoms with van der Waals surface area (Å²) in [6, 6.07) is 5.76. The number of nitrogens with zero attached hydrogens (tertiary/aromatic N) is 1. The summed E-state index contributed by atoms with van der Waals surface area (Å²) >= 11 is 0. The Morgan fingerprint density at radius 3 is 2.41 bits per heavy atom. The van der Waals surface area contributed by atoms with Crippen molar-refractivity contribution in [3.8, 4) is 0 Å². The summed E-state index contributed by atoms with van der Waals surface area (Å²) in [5, 5.41) is 4.62. The van der Waals surface area contributed by atoms with Gasteiger partial charge < -0.3 is 15.4 Å². The second-order valence-corrected chi connectivity index (χ2v) is 7.89. The van der Waals surface area contributed by atoms with Crippen LogP contribution in [-0.2, 0) is 24.3 Å². The summed E-state index contributed by atoms with van der Waals surface area (Å²) in [5.74, 6) is -1.97. The summed E-state index contributed by atoms with van der Waals surface area (Å²) in [6.07, 6.45) is 2.52. The van der Waals surface area contributed by atoms with E-state index < -0.39 is 34.4 Å². The van der Waals surface area contributed by atoms with E-state index >= 15 is 0 Å². The van der Waals surface area contributed by atoms with Crippen LogP contribution in [0.4, 0.5) is 0 Å². The lowest BCUT2D eigenvalue weighted by atomic mass is 10.2. The van der Waals surface area contributed by atoms with Gasteiger partial charge in [0.05, 0.1) is 17.0 Å². The third kappa shape index (κ3) is 5.51. The van der Waals surface area contributed by atoms with Gasteiger partial charge in [-0.05, 0) is 25.0 Å². The standard InChI is InChI=1S/C17H23N3O6S/c1-18-15(21)11-19-16(22)12-26-17(23)13-7-3-4-8-14(13)27(24,25)20-9-5-2-6-10-20/h3-4,7-8H,2,5-6,9-12H2,1H3,(H,18,21)(H,19,22). The predicted molar refractivity (Wildman–Crippen MR) is 96.4 cm³/mol. The highest BCUT2D eigenvalue weighted by molar-refractivity contribution is 7.89. The third-order valence-corrected chi connectivity index (χ3v) is 6.06. The lowest BCUT2D eigenvalue weighted by Gasteiger charge is -2.26. The SMILES string of the molecule is CNC(=O)CNC(=O)COC(=O)c1ccccc1S(=O)(=O)N1CCCCC1. The fourth-order valence-electron chi connectivity index (χ4n) is 2.63. The molecule has 0 spiro atoms. The molecule has 1 fully saturated rings. The van der Waals surface area contributed by atoms with Crippen LogP contribution in [0, 0.1) is 0 Å². The Morgan fingerprint density at radius 2 is 1.74 bits per heavy atom. The maximum Gasteiger partial charge on any atom is 0.340 e. The van der Waals surface area contributed by atoms with Gasteiger partial charge in [-0.3, -0.25) is 9.59 Å². The van der Waals surface area contributed by atoms with Gasteiger partial charge in [0, 0.05) is 20.1 Å². The summed E-state index contributed by atoms with van der Waals surface area (Å²) in [4.78, 5) is 34.9. The molecule has 0 aromatic heterocycles. The molecule has 0 radical (unpaired) electrons. The molecule has 2 amide bonds. The second kappa shape index (κ2) is 9.47. The topological polar surface area (TPSA) is 122 Å². The van der Waals surface area contributed by atoms with E-state index in [1.807, 2.05) is 0 Å². The first-order valence-electron chi connectivity index (χ1n) is 8.60. The number of likely N-dealkylation sites (N-methyl/N-ethyl adjacent to an activating group) is 1. The number of rotatable bonds is 7. The monoisotopic (exact) mass is 397 g/mol. The zero-order chi connectivity index (χ0) is 19.9. The van der Waals surface area contributed by atoms with Crippen LogP contribution in [0.1, 0.15) is 29.6 Å². The summed E-state index contributed by atoms with van der Waals surface area (Å²) in [6.45, 7) is -0.0397. The van der Waals surface area contributed by atoms with Crippen molar-refractivity contribution in [2.75, 3.05) is 33.3 Å². The van der Waals surface area contributed by atoms with Crippen LogP contribution < -0.4 is 10.6 Å². The highest BCUT2D eigenvalue weighted by Crippen LogP contribution is 2.24. The van der Waals surface area contributed by atoms with E-state index in [0.29, 0.717) is 13.1 Å². The molecule has 1 aliphatic rings. The molecule has 10 heteroatoms. The molecule has 0 bridgehead atoms. The molecule has 0 unspecified atom stereocenters. The van der Waals surface area contributed by atoms with Crippen LogP contribution in [-0.4, -0.2) is 63.8 Å². The minimum absolute atomic E-state index is 0.123. The quantitative estimate of drug-likeness (QED) is 0.619. The number of hydrogen-bond acceptors (Lipinski definition) is 6. The number of carbonyl (C=O) groups is 3. The van der Waals surface area contributed by atoms with Crippen LogP contribution in [0.3, 0.4) is 0 Å². The predicted octanol–water partition coefficient (Wildman–Crippen LogP) is -0.120. The Hall–Kier alpha value is -2.46. The number of amides is 2. The van der Waals surface area contributed by atoms with Crippen LogP contribution >= 0.6 is 0 Å². The average Bonchev–Trinajstić information content (AvgIpc) is 2.70. The van der Waals surface area contributed by atoms with Crippen molar-refractivity contribution in [1.82, 2.24) is 14.9 Å². The normalized spacial score (nSPS) is 15.0. The number of esters is 1. The first-order valence-corrected chi connectivity index (χ1v) is 10.0. The van der Waals surface area contributed by atoms with E-state index in [1.54, 1.807) is 0 Å². The van der Waals surface area contributed by atoms with E-state index in [2.05, 4.69) is 10.6 Å². The van der Waals surface area contributed by atoms with Gasteiger partial charge in [-0.2, -0.15) is 4.31 Å². The summed E-state index contributed by atoms with van der Waals surface area (Å²) in [5.41, 5.74) is -0.123. The van der Waals surface area contributed by atoms with Gasteiger partial charge >= 0.3 is 5.97 Å². The maximum absolute atomic E-state index is 12.9. The molecule has 1 heterocycles. The number of carbonyl (C=O) groups excluding carboxylic acids is 3. The molecule has 27 heavy (non-hydrogen) atoms. The van der Waals surface area contributed by atoms with E-state index in [9.17, 15) is 22.8 Å². The van der Waals surface area contributed by atoms with Gasteiger partial charge in [0.25, 0.3) is 5.91 Å². The minimum atomic E-state index is -3.82. The highest BCUT2D eigenvalue weighted by Gasteiger charge is 2.30.